The van der Waals surface area contributed by atoms with Crippen molar-refractivity contribution in [1.29, 1.82) is 0 Å². The van der Waals surface area contributed by atoms with Gasteiger partial charge in [0.1, 0.15) is 0 Å². The molecule has 1 radical (unpaired) electrons. The molecular weight excluding hydrogens is 184 g/mol. The second kappa shape index (κ2) is 4.94. The molecule has 2 aromatic rings. The maximum atomic E-state index is 5.22. The van der Waals surface area contributed by atoms with Crippen LogP contribution in [0.4, 0.5) is 0 Å². The lowest BCUT2D eigenvalue weighted by Crippen LogP contribution is -1.91. The van der Waals surface area contributed by atoms with Gasteiger partial charge in [0.25, 0.3) is 0 Å². The zero-order valence-corrected chi connectivity index (χ0v) is 8.94. The predicted octanol–water partition coefficient (Wildman–Crippen LogP) is 3.58. The Morgan fingerprint density at radius 1 is 1.07 bits per heavy atom. The molecule has 0 aromatic heterocycles. The number of hydrogen-bond acceptors (Lipinski definition) is 1. The summed E-state index contributed by atoms with van der Waals surface area (Å²) in [5, 5.41) is 2.58. The van der Waals surface area contributed by atoms with E-state index in [2.05, 4.69) is 42.5 Å². The van der Waals surface area contributed by atoms with Crippen molar-refractivity contribution in [2.24, 2.45) is 0 Å². The minimum Gasteiger partial charge on any atom is -0.375 e. The highest BCUT2D eigenvalue weighted by molar-refractivity contribution is 5.82. The van der Waals surface area contributed by atoms with Crippen molar-refractivity contribution >= 4 is 10.8 Å². The molecule has 0 saturated heterocycles. The highest BCUT2D eigenvalue weighted by Gasteiger charge is 1.96. The monoisotopic (exact) mass is 199 g/mol. The maximum absolute atomic E-state index is 5.22. The number of ether oxygens (including phenoxy) is 1. The zero-order chi connectivity index (χ0) is 10.5. The lowest BCUT2D eigenvalue weighted by molar-refractivity contribution is 0.212. The largest absolute Gasteiger partial charge is 0.375 e. The van der Waals surface area contributed by atoms with Crippen LogP contribution in [0.2, 0.25) is 0 Å². The minimum atomic E-state index is 0.744. The molecular formula is C14H15O. The van der Waals surface area contributed by atoms with E-state index in [1.807, 2.05) is 13.5 Å². The first kappa shape index (κ1) is 10.2. The molecule has 0 aliphatic rings. The first-order chi connectivity index (χ1) is 7.40. The molecule has 0 spiro atoms. The van der Waals surface area contributed by atoms with Gasteiger partial charge < -0.3 is 4.74 Å². The van der Waals surface area contributed by atoms with Crippen molar-refractivity contribution in [3.8, 4) is 0 Å². The van der Waals surface area contributed by atoms with Crippen LogP contribution in [0.15, 0.2) is 42.5 Å². The van der Waals surface area contributed by atoms with Gasteiger partial charge in [-0.15, -0.1) is 0 Å². The van der Waals surface area contributed by atoms with Gasteiger partial charge in [0, 0.05) is 13.0 Å². The molecule has 0 aliphatic heterocycles. The number of rotatable bonds is 4. The fourth-order valence-corrected chi connectivity index (χ4v) is 1.64. The molecule has 0 atom stereocenters. The first-order valence-corrected chi connectivity index (χ1v) is 5.31. The molecule has 0 heterocycles. The average molecular weight is 199 g/mol. The summed E-state index contributed by atoms with van der Waals surface area (Å²) in [4.78, 5) is 0. The van der Waals surface area contributed by atoms with Crippen molar-refractivity contribution in [3.63, 3.8) is 0 Å². The summed E-state index contributed by atoms with van der Waals surface area (Å²) < 4.78 is 5.22. The van der Waals surface area contributed by atoms with Crippen LogP contribution in [-0.4, -0.2) is 6.61 Å². The van der Waals surface area contributed by atoms with E-state index in [1.54, 1.807) is 0 Å². The first-order valence-electron chi connectivity index (χ1n) is 5.31. The van der Waals surface area contributed by atoms with Gasteiger partial charge in [-0.2, -0.15) is 0 Å². The standard InChI is InChI=1S/C14H15O/c1-2-15-10-9-12-7-8-13-5-3-4-6-14(13)11-12/h3-8,10-11H,2,9H2,1H3. The lowest BCUT2D eigenvalue weighted by Gasteiger charge is -2.03. The quantitative estimate of drug-likeness (QED) is 0.684. The maximum Gasteiger partial charge on any atom is 0.0879 e. The summed E-state index contributed by atoms with van der Waals surface area (Å²) in [5.74, 6) is 0. The van der Waals surface area contributed by atoms with Crippen LogP contribution in [0.25, 0.3) is 10.8 Å². The third-order valence-electron chi connectivity index (χ3n) is 2.42. The van der Waals surface area contributed by atoms with E-state index in [4.69, 9.17) is 4.74 Å². The Morgan fingerprint density at radius 3 is 2.67 bits per heavy atom. The van der Waals surface area contributed by atoms with Gasteiger partial charge in [-0.25, -0.2) is 0 Å². The highest BCUT2D eigenvalue weighted by atomic mass is 16.5. The summed E-state index contributed by atoms with van der Waals surface area (Å²) in [5.41, 5.74) is 1.29. The molecule has 0 unspecified atom stereocenters. The molecule has 2 aromatic carbocycles. The fourth-order valence-electron chi connectivity index (χ4n) is 1.64. The Kier molecular flexibility index (Phi) is 3.36. The zero-order valence-electron chi connectivity index (χ0n) is 8.94. The molecule has 1 heteroatoms. The molecule has 77 valence electrons. The van der Waals surface area contributed by atoms with Gasteiger partial charge in [0.15, 0.2) is 0 Å². The third kappa shape index (κ3) is 2.57. The normalized spacial score (nSPS) is 10.7. The summed E-state index contributed by atoms with van der Waals surface area (Å²) >= 11 is 0. The van der Waals surface area contributed by atoms with Crippen LogP contribution in [0.5, 0.6) is 0 Å². The number of hydrogen-bond donors (Lipinski definition) is 0. The topological polar surface area (TPSA) is 9.23 Å². The van der Waals surface area contributed by atoms with Crippen LogP contribution in [0.3, 0.4) is 0 Å². The van der Waals surface area contributed by atoms with Crippen molar-refractivity contribution in [1.82, 2.24) is 0 Å². The lowest BCUT2D eigenvalue weighted by atomic mass is 10.1. The summed E-state index contributed by atoms with van der Waals surface area (Å²) in [6.07, 6.45) is 0.874. The van der Waals surface area contributed by atoms with Crippen molar-refractivity contribution < 1.29 is 4.74 Å². The molecule has 0 bridgehead atoms. The van der Waals surface area contributed by atoms with Crippen LogP contribution >= 0.6 is 0 Å². The average Bonchev–Trinajstić information content (AvgIpc) is 2.29. The minimum absolute atomic E-state index is 0.744. The second-order valence-corrected chi connectivity index (χ2v) is 3.51. The summed E-state index contributed by atoms with van der Waals surface area (Å²) in [7, 11) is 0. The number of benzene rings is 2. The van der Waals surface area contributed by atoms with Crippen LogP contribution in [-0.2, 0) is 11.2 Å². The molecule has 2 rings (SSSR count). The van der Waals surface area contributed by atoms with Gasteiger partial charge in [0.05, 0.1) is 6.61 Å². The molecule has 0 amide bonds. The third-order valence-corrected chi connectivity index (χ3v) is 2.42. The molecule has 0 fully saturated rings. The Morgan fingerprint density at radius 2 is 1.87 bits per heavy atom. The molecule has 15 heavy (non-hydrogen) atoms. The van der Waals surface area contributed by atoms with Gasteiger partial charge in [0.2, 0.25) is 0 Å². The predicted molar refractivity (Wildman–Crippen MR) is 63.6 cm³/mol. The molecule has 1 nitrogen and oxygen atoms in total. The number of fused-ring (bicyclic) bond motifs is 1. The van der Waals surface area contributed by atoms with E-state index < -0.39 is 0 Å². The van der Waals surface area contributed by atoms with E-state index in [9.17, 15) is 0 Å². The summed E-state index contributed by atoms with van der Waals surface area (Å²) in [6, 6.07) is 14.9. The van der Waals surface area contributed by atoms with Gasteiger partial charge in [-0.05, 0) is 23.3 Å². The Balaban J connectivity index is 2.16. The van der Waals surface area contributed by atoms with Crippen molar-refractivity contribution in [2.75, 3.05) is 6.61 Å². The van der Waals surface area contributed by atoms with Gasteiger partial charge in [-0.3, -0.25) is 0 Å². The Bertz CT molecular complexity index is 434. The van der Waals surface area contributed by atoms with E-state index in [1.165, 1.54) is 16.3 Å². The van der Waals surface area contributed by atoms with Crippen LogP contribution in [0, 0.1) is 6.61 Å². The van der Waals surface area contributed by atoms with Crippen molar-refractivity contribution in [3.05, 3.63) is 54.6 Å². The molecule has 0 N–H and O–H groups in total. The van der Waals surface area contributed by atoms with E-state index in [-0.39, 0.29) is 0 Å². The van der Waals surface area contributed by atoms with Crippen LogP contribution < -0.4 is 0 Å². The summed E-state index contributed by atoms with van der Waals surface area (Å²) in [6.45, 7) is 4.61. The SMILES string of the molecule is CCO[CH]Cc1ccc2ccccc2c1. The van der Waals surface area contributed by atoms with Gasteiger partial charge in [-0.1, -0.05) is 42.5 Å². The Hall–Kier alpha value is -1.34. The second-order valence-electron chi connectivity index (χ2n) is 3.51. The molecule has 0 saturated carbocycles. The fraction of sp³-hybridized carbons (Fsp3) is 0.214. The van der Waals surface area contributed by atoms with Gasteiger partial charge >= 0.3 is 0 Å². The van der Waals surface area contributed by atoms with E-state index in [0.717, 1.165) is 13.0 Å². The Labute approximate surface area is 90.7 Å². The van der Waals surface area contributed by atoms with E-state index in [0.29, 0.717) is 0 Å². The van der Waals surface area contributed by atoms with Crippen LogP contribution in [0.1, 0.15) is 12.5 Å². The smallest absolute Gasteiger partial charge is 0.0879 e. The van der Waals surface area contributed by atoms with Crippen molar-refractivity contribution in [2.45, 2.75) is 13.3 Å². The highest BCUT2D eigenvalue weighted by Crippen LogP contribution is 2.16. The van der Waals surface area contributed by atoms with E-state index >= 15 is 0 Å². The molecule has 0 aliphatic carbocycles.